The number of aromatic nitrogens is 1. The Hall–Kier alpha value is -3.49. The Bertz CT molecular complexity index is 835. The number of hydrogen-bond acceptors (Lipinski definition) is 6. The number of nitrogens with zero attached hydrogens (tertiary/aromatic N) is 3. The molecule has 1 aromatic carbocycles. The van der Waals surface area contributed by atoms with E-state index in [0.717, 1.165) is 0 Å². The molecule has 0 radical (unpaired) electrons. The number of pyridine rings is 1. The van der Waals surface area contributed by atoms with E-state index in [-0.39, 0.29) is 23.2 Å². The predicted octanol–water partition coefficient (Wildman–Crippen LogP) is 1.67. The predicted molar refractivity (Wildman–Crippen MR) is 97.9 cm³/mol. The fourth-order valence-corrected chi connectivity index (χ4v) is 3.05. The molecule has 2 aromatic rings. The van der Waals surface area contributed by atoms with Crippen LogP contribution in [0.25, 0.3) is 0 Å². The molecule has 140 valence electrons. The summed E-state index contributed by atoms with van der Waals surface area (Å²) < 4.78 is 0. The van der Waals surface area contributed by atoms with Crippen LogP contribution in [-0.4, -0.2) is 34.8 Å². The summed E-state index contributed by atoms with van der Waals surface area (Å²) in [5.41, 5.74) is 5.62. The second-order valence-electron chi connectivity index (χ2n) is 6.17. The zero-order valence-electron chi connectivity index (χ0n) is 14.5. The summed E-state index contributed by atoms with van der Waals surface area (Å²) >= 11 is 0. The maximum atomic E-state index is 12.3. The largest absolute Gasteiger partial charge is 0.366 e. The van der Waals surface area contributed by atoms with Crippen molar-refractivity contribution in [2.45, 2.75) is 12.8 Å². The van der Waals surface area contributed by atoms with E-state index in [0.29, 0.717) is 31.6 Å². The molecule has 1 aromatic heterocycles. The van der Waals surface area contributed by atoms with Gasteiger partial charge in [-0.2, -0.15) is 0 Å². The molecule has 2 heterocycles. The van der Waals surface area contributed by atoms with Gasteiger partial charge in [0, 0.05) is 31.3 Å². The van der Waals surface area contributed by atoms with Crippen LogP contribution >= 0.6 is 0 Å². The van der Waals surface area contributed by atoms with Crippen LogP contribution in [0.5, 0.6) is 0 Å². The van der Waals surface area contributed by atoms with Gasteiger partial charge < -0.3 is 4.90 Å². The third-order valence-corrected chi connectivity index (χ3v) is 4.48. The molecule has 9 heteroatoms. The highest BCUT2D eigenvalue weighted by Crippen LogP contribution is 2.31. The maximum absolute atomic E-state index is 12.3. The lowest BCUT2D eigenvalue weighted by Crippen LogP contribution is -2.47. The highest BCUT2D eigenvalue weighted by molar-refractivity contribution is 5.93. The number of nitrogens with one attached hydrogen (secondary N) is 2. The lowest BCUT2D eigenvalue weighted by Gasteiger charge is -2.32. The fourth-order valence-electron chi connectivity index (χ4n) is 3.05. The van der Waals surface area contributed by atoms with Gasteiger partial charge in [-0.3, -0.25) is 35.5 Å². The van der Waals surface area contributed by atoms with Crippen molar-refractivity contribution in [3.63, 3.8) is 0 Å². The van der Waals surface area contributed by atoms with Gasteiger partial charge in [-0.25, -0.2) is 0 Å². The van der Waals surface area contributed by atoms with Crippen LogP contribution in [0.2, 0.25) is 0 Å². The maximum Gasteiger partial charge on any atom is 0.292 e. The Morgan fingerprint density at radius 2 is 1.78 bits per heavy atom. The van der Waals surface area contributed by atoms with Crippen LogP contribution in [0.15, 0.2) is 48.7 Å². The molecule has 0 atom stereocenters. The first-order valence-electron chi connectivity index (χ1n) is 8.56. The monoisotopic (exact) mass is 369 g/mol. The molecule has 0 spiro atoms. The topological polar surface area (TPSA) is 117 Å². The van der Waals surface area contributed by atoms with E-state index >= 15 is 0 Å². The number of nitro benzene ring substituents is 1. The number of para-hydroxylation sites is 2. The van der Waals surface area contributed by atoms with Gasteiger partial charge in [-0.15, -0.1) is 0 Å². The first kappa shape index (κ1) is 18.3. The summed E-state index contributed by atoms with van der Waals surface area (Å²) in [6.45, 7) is 1.05. The molecule has 1 aliphatic heterocycles. The molecule has 0 aliphatic carbocycles. The molecule has 27 heavy (non-hydrogen) atoms. The minimum Gasteiger partial charge on any atom is -0.366 e. The van der Waals surface area contributed by atoms with E-state index in [1.807, 2.05) is 4.90 Å². The Kier molecular flexibility index (Phi) is 5.60. The number of piperidine rings is 1. The third kappa shape index (κ3) is 4.38. The van der Waals surface area contributed by atoms with Crippen molar-refractivity contribution in [2.24, 2.45) is 5.92 Å². The molecular weight excluding hydrogens is 350 g/mol. The molecule has 1 fully saturated rings. The van der Waals surface area contributed by atoms with Gasteiger partial charge in [0.1, 0.15) is 11.4 Å². The van der Waals surface area contributed by atoms with E-state index in [1.165, 1.54) is 12.3 Å². The number of nitro groups is 1. The number of amides is 2. The highest BCUT2D eigenvalue weighted by Gasteiger charge is 2.28. The van der Waals surface area contributed by atoms with Crippen LogP contribution in [0.4, 0.5) is 11.4 Å². The summed E-state index contributed by atoms with van der Waals surface area (Å²) in [5, 5.41) is 11.2. The van der Waals surface area contributed by atoms with E-state index in [4.69, 9.17) is 0 Å². The Labute approximate surface area is 155 Å². The van der Waals surface area contributed by atoms with Gasteiger partial charge in [0.25, 0.3) is 11.6 Å². The minimum atomic E-state index is -0.485. The van der Waals surface area contributed by atoms with Crippen molar-refractivity contribution in [1.29, 1.82) is 0 Å². The number of rotatable bonds is 4. The lowest BCUT2D eigenvalue weighted by molar-refractivity contribution is -0.384. The van der Waals surface area contributed by atoms with Crippen molar-refractivity contribution < 1.29 is 14.5 Å². The van der Waals surface area contributed by atoms with Gasteiger partial charge in [0.15, 0.2) is 0 Å². The van der Waals surface area contributed by atoms with Gasteiger partial charge in [0.2, 0.25) is 5.91 Å². The molecule has 1 aliphatic rings. The summed E-state index contributed by atoms with van der Waals surface area (Å²) in [6, 6.07) is 11.5. The molecule has 0 bridgehead atoms. The first-order valence-corrected chi connectivity index (χ1v) is 8.56. The van der Waals surface area contributed by atoms with Crippen LogP contribution in [0.1, 0.15) is 23.3 Å². The van der Waals surface area contributed by atoms with Crippen molar-refractivity contribution >= 4 is 23.2 Å². The fraction of sp³-hybridized carbons (Fsp3) is 0.278. The third-order valence-electron chi connectivity index (χ3n) is 4.48. The van der Waals surface area contributed by atoms with Crippen molar-refractivity contribution in [3.8, 4) is 0 Å². The SMILES string of the molecule is O=C(NNC(=O)C1CCN(c2ccccc2[N+](=O)[O-])CC1)c1ccccn1. The average Bonchev–Trinajstić information content (AvgIpc) is 2.72. The highest BCUT2D eigenvalue weighted by atomic mass is 16.6. The standard InChI is InChI=1S/C18H19N5O4/c24-17(20-21-18(25)14-5-3-4-10-19-14)13-8-11-22(12-9-13)15-6-1-2-7-16(15)23(26)27/h1-7,10,13H,8-9,11-12H2,(H,20,24)(H,21,25). The summed E-state index contributed by atoms with van der Waals surface area (Å²) in [7, 11) is 0. The zero-order valence-corrected chi connectivity index (χ0v) is 14.5. The summed E-state index contributed by atoms with van der Waals surface area (Å²) in [4.78, 5) is 40.8. The molecule has 9 nitrogen and oxygen atoms in total. The summed E-state index contributed by atoms with van der Waals surface area (Å²) in [6.07, 6.45) is 2.57. The Morgan fingerprint density at radius 1 is 1.07 bits per heavy atom. The number of carbonyl (C=O) groups is 2. The average molecular weight is 369 g/mol. The van der Waals surface area contributed by atoms with Crippen LogP contribution in [0, 0.1) is 16.0 Å². The number of anilines is 1. The molecule has 0 saturated carbocycles. The second-order valence-corrected chi connectivity index (χ2v) is 6.17. The number of carbonyl (C=O) groups excluding carboxylic acids is 2. The molecule has 2 N–H and O–H groups in total. The molecule has 2 amide bonds. The normalized spacial score (nSPS) is 14.4. The van der Waals surface area contributed by atoms with Crippen LogP contribution in [-0.2, 0) is 4.79 Å². The molecule has 1 saturated heterocycles. The summed E-state index contributed by atoms with van der Waals surface area (Å²) in [5.74, 6) is -1.03. The van der Waals surface area contributed by atoms with E-state index in [9.17, 15) is 19.7 Å². The molecule has 0 unspecified atom stereocenters. The second kappa shape index (κ2) is 8.26. The van der Waals surface area contributed by atoms with Crippen molar-refractivity contribution in [2.75, 3.05) is 18.0 Å². The van der Waals surface area contributed by atoms with Crippen LogP contribution < -0.4 is 15.8 Å². The lowest BCUT2D eigenvalue weighted by atomic mass is 9.95. The Balaban J connectivity index is 1.53. The van der Waals surface area contributed by atoms with Gasteiger partial charge in [0.05, 0.1) is 4.92 Å². The van der Waals surface area contributed by atoms with Gasteiger partial charge >= 0.3 is 0 Å². The molecular formula is C18H19N5O4. The van der Waals surface area contributed by atoms with Gasteiger partial charge in [-0.1, -0.05) is 18.2 Å². The Morgan fingerprint density at radius 3 is 2.44 bits per heavy atom. The van der Waals surface area contributed by atoms with E-state index < -0.39 is 10.8 Å². The smallest absolute Gasteiger partial charge is 0.292 e. The minimum absolute atomic E-state index is 0.0584. The van der Waals surface area contributed by atoms with Crippen LogP contribution in [0.3, 0.4) is 0 Å². The zero-order chi connectivity index (χ0) is 19.2. The number of hydrazine groups is 1. The molecule has 3 rings (SSSR count). The number of benzene rings is 1. The number of hydrogen-bond donors (Lipinski definition) is 2. The van der Waals surface area contributed by atoms with E-state index in [1.54, 1.807) is 36.4 Å². The van der Waals surface area contributed by atoms with E-state index in [2.05, 4.69) is 15.8 Å². The quantitative estimate of drug-likeness (QED) is 0.625. The van der Waals surface area contributed by atoms with Crippen molar-refractivity contribution in [3.05, 3.63) is 64.5 Å². The van der Waals surface area contributed by atoms with Crippen molar-refractivity contribution in [1.82, 2.24) is 15.8 Å². The first-order chi connectivity index (χ1) is 13.1. The van der Waals surface area contributed by atoms with Gasteiger partial charge in [-0.05, 0) is 31.0 Å².